The maximum Gasteiger partial charge on any atom is 0.159 e. The molecule has 0 radical (unpaired) electrons. The minimum Gasteiger partial charge on any atom is -0.393 e. The van der Waals surface area contributed by atoms with Gasteiger partial charge in [0.25, 0.3) is 0 Å². The Balaban J connectivity index is 2.32. The van der Waals surface area contributed by atoms with Gasteiger partial charge in [0.1, 0.15) is 12.0 Å². The van der Waals surface area contributed by atoms with Crippen LogP contribution >= 0.6 is 11.6 Å². The Morgan fingerprint density at radius 3 is 2.57 bits per heavy atom. The molecule has 0 aliphatic heterocycles. The number of hydrogen-bond acceptors (Lipinski definition) is 5. The lowest BCUT2D eigenvalue weighted by Crippen LogP contribution is -2.24. The van der Waals surface area contributed by atoms with Crippen molar-refractivity contribution in [1.29, 1.82) is 0 Å². The monoisotopic (exact) mass is 305 g/mol. The van der Waals surface area contributed by atoms with Crippen molar-refractivity contribution in [2.45, 2.75) is 20.8 Å². The molecule has 2 rings (SSSR count). The van der Waals surface area contributed by atoms with Gasteiger partial charge in [-0.25, -0.2) is 9.97 Å². The van der Waals surface area contributed by atoms with Crippen LogP contribution < -0.4 is 16.0 Å². The van der Waals surface area contributed by atoms with Gasteiger partial charge in [-0.3, -0.25) is 0 Å². The number of aryl methyl sites for hydroxylation is 1. The second-order valence-corrected chi connectivity index (χ2v) is 5.13. The van der Waals surface area contributed by atoms with E-state index in [0.29, 0.717) is 16.5 Å². The van der Waals surface area contributed by atoms with Crippen LogP contribution in [-0.2, 0) is 0 Å². The third-order valence-corrected chi connectivity index (χ3v) is 3.77. The average Bonchev–Trinajstić information content (AvgIpc) is 2.48. The lowest BCUT2D eigenvalue weighted by atomic mass is 10.2. The summed E-state index contributed by atoms with van der Waals surface area (Å²) in [6.07, 6.45) is 1.52. The molecule has 1 aromatic heterocycles. The molecule has 0 amide bonds. The molecule has 0 bridgehead atoms. The summed E-state index contributed by atoms with van der Waals surface area (Å²) in [5.41, 5.74) is 8.61. The van der Waals surface area contributed by atoms with Gasteiger partial charge in [0.15, 0.2) is 11.6 Å². The fraction of sp³-hybridized carbons (Fsp3) is 0.333. The van der Waals surface area contributed by atoms with Crippen molar-refractivity contribution in [2.75, 3.05) is 29.0 Å². The van der Waals surface area contributed by atoms with Crippen molar-refractivity contribution >= 4 is 34.6 Å². The second-order valence-electron chi connectivity index (χ2n) is 4.72. The van der Waals surface area contributed by atoms with Gasteiger partial charge in [-0.05, 0) is 38.5 Å². The molecule has 0 aliphatic carbocycles. The molecule has 1 heterocycles. The molecule has 0 saturated heterocycles. The Bertz CT molecular complexity index is 625. The number of aromatic nitrogens is 2. The SMILES string of the molecule is CCN(CC)c1ncnc(Nc2ccc(C)c(Cl)c2)c1N. The van der Waals surface area contributed by atoms with Gasteiger partial charge < -0.3 is 16.0 Å². The normalized spacial score (nSPS) is 10.5. The van der Waals surface area contributed by atoms with E-state index in [4.69, 9.17) is 17.3 Å². The van der Waals surface area contributed by atoms with Crippen LogP contribution in [0.4, 0.5) is 23.0 Å². The van der Waals surface area contributed by atoms with Gasteiger partial charge in [-0.2, -0.15) is 0 Å². The first-order valence-corrected chi connectivity index (χ1v) is 7.33. The first-order chi connectivity index (χ1) is 10.1. The highest BCUT2D eigenvalue weighted by Crippen LogP contribution is 2.29. The lowest BCUT2D eigenvalue weighted by Gasteiger charge is -2.22. The number of nitrogens with zero attached hydrogens (tertiary/aromatic N) is 3. The molecule has 21 heavy (non-hydrogen) atoms. The number of nitrogen functional groups attached to an aromatic ring is 1. The molecule has 5 nitrogen and oxygen atoms in total. The predicted molar refractivity (Wildman–Crippen MR) is 89.5 cm³/mol. The Morgan fingerprint density at radius 2 is 1.95 bits per heavy atom. The van der Waals surface area contributed by atoms with Gasteiger partial charge in [0.05, 0.1) is 0 Å². The molecule has 0 atom stereocenters. The Kier molecular flexibility index (Phi) is 4.85. The van der Waals surface area contributed by atoms with E-state index in [1.807, 2.05) is 25.1 Å². The summed E-state index contributed by atoms with van der Waals surface area (Å²) in [7, 11) is 0. The largest absolute Gasteiger partial charge is 0.393 e. The van der Waals surface area contributed by atoms with Crippen molar-refractivity contribution in [1.82, 2.24) is 9.97 Å². The maximum atomic E-state index is 6.19. The summed E-state index contributed by atoms with van der Waals surface area (Å²) in [6, 6.07) is 5.75. The first kappa shape index (κ1) is 15.4. The molecule has 112 valence electrons. The minimum absolute atomic E-state index is 0.540. The van der Waals surface area contributed by atoms with Crippen molar-refractivity contribution in [3.63, 3.8) is 0 Å². The number of nitrogens with two attached hydrogens (primary N) is 1. The molecule has 0 fully saturated rings. The van der Waals surface area contributed by atoms with E-state index >= 15 is 0 Å². The summed E-state index contributed by atoms with van der Waals surface area (Å²) in [6.45, 7) is 7.78. The topological polar surface area (TPSA) is 67.1 Å². The summed E-state index contributed by atoms with van der Waals surface area (Å²) >= 11 is 6.13. The zero-order valence-corrected chi connectivity index (χ0v) is 13.3. The second kappa shape index (κ2) is 6.63. The van der Waals surface area contributed by atoms with Gasteiger partial charge in [0.2, 0.25) is 0 Å². The van der Waals surface area contributed by atoms with Crippen LogP contribution in [0.15, 0.2) is 24.5 Å². The van der Waals surface area contributed by atoms with Crippen molar-refractivity contribution in [3.8, 4) is 0 Å². The Labute approximate surface area is 130 Å². The third kappa shape index (κ3) is 3.36. The van der Waals surface area contributed by atoms with Crippen LogP contribution in [0.1, 0.15) is 19.4 Å². The molecule has 1 aromatic carbocycles. The van der Waals surface area contributed by atoms with Crippen LogP contribution in [0.2, 0.25) is 5.02 Å². The average molecular weight is 306 g/mol. The molecule has 3 N–H and O–H groups in total. The zero-order chi connectivity index (χ0) is 15.4. The molecule has 6 heteroatoms. The van der Waals surface area contributed by atoms with Crippen molar-refractivity contribution in [2.24, 2.45) is 0 Å². The number of anilines is 4. The summed E-state index contributed by atoms with van der Waals surface area (Å²) < 4.78 is 0. The first-order valence-electron chi connectivity index (χ1n) is 6.95. The highest BCUT2D eigenvalue weighted by molar-refractivity contribution is 6.31. The van der Waals surface area contributed by atoms with Crippen molar-refractivity contribution < 1.29 is 0 Å². The number of rotatable bonds is 5. The molecule has 0 unspecified atom stereocenters. The number of hydrogen-bond donors (Lipinski definition) is 2. The van der Waals surface area contributed by atoms with Gasteiger partial charge >= 0.3 is 0 Å². The van der Waals surface area contributed by atoms with E-state index in [1.165, 1.54) is 6.33 Å². The smallest absolute Gasteiger partial charge is 0.159 e. The number of nitrogens with one attached hydrogen (secondary N) is 1. The lowest BCUT2D eigenvalue weighted by molar-refractivity contribution is 0.844. The minimum atomic E-state index is 0.540. The van der Waals surface area contributed by atoms with E-state index in [9.17, 15) is 0 Å². The van der Waals surface area contributed by atoms with Gasteiger partial charge in [-0.15, -0.1) is 0 Å². The molecule has 0 spiro atoms. The fourth-order valence-electron chi connectivity index (χ4n) is 2.07. The van der Waals surface area contributed by atoms with E-state index in [0.717, 1.165) is 30.2 Å². The van der Waals surface area contributed by atoms with Crippen LogP contribution in [-0.4, -0.2) is 23.1 Å². The quantitative estimate of drug-likeness (QED) is 0.883. The van der Waals surface area contributed by atoms with Crippen LogP contribution in [0.25, 0.3) is 0 Å². The summed E-state index contributed by atoms with van der Waals surface area (Å²) in [5.74, 6) is 1.34. The van der Waals surface area contributed by atoms with Gasteiger partial charge in [0, 0.05) is 23.8 Å². The van der Waals surface area contributed by atoms with E-state index in [-0.39, 0.29) is 0 Å². The Hall–Kier alpha value is -2.01. The van der Waals surface area contributed by atoms with Crippen LogP contribution in [0, 0.1) is 6.92 Å². The molecule has 0 saturated carbocycles. The van der Waals surface area contributed by atoms with E-state index < -0.39 is 0 Å². The highest BCUT2D eigenvalue weighted by Gasteiger charge is 2.13. The van der Waals surface area contributed by atoms with Crippen molar-refractivity contribution in [3.05, 3.63) is 35.1 Å². The summed E-state index contributed by atoms with van der Waals surface area (Å²) in [5, 5.41) is 3.90. The number of benzene rings is 1. The highest BCUT2D eigenvalue weighted by atomic mass is 35.5. The standard InChI is InChI=1S/C15H20ClN5/c1-4-21(5-2)15-13(17)14(18-9-19-15)20-11-7-6-10(3)12(16)8-11/h6-9H,4-5,17H2,1-3H3,(H,18,19,20). The van der Waals surface area contributed by atoms with Crippen LogP contribution in [0.5, 0.6) is 0 Å². The molecule has 0 aliphatic rings. The van der Waals surface area contributed by atoms with Gasteiger partial charge in [-0.1, -0.05) is 17.7 Å². The fourth-order valence-corrected chi connectivity index (χ4v) is 2.25. The zero-order valence-electron chi connectivity index (χ0n) is 12.5. The van der Waals surface area contributed by atoms with E-state index in [2.05, 4.69) is 34.0 Å². The molecular weight excluding hydrogens is 286 g/mol. The maximum absolute atomic E-state index is 6.19. The Morgan fingerprint density at radius 1 is 1.24 bits per heavy atom. The predicted octanol–water partition coefficient (Wildman–Crippen LogP) is 3.61. The summed E-state index contributed by atoms with van der Waals surface area (Å²) in [4.78, 5) is 10.6. The van der Waals surface area contributed by atoms with Crippen LogP contribution in [0.3, 0.4) is 0 Å². The molecule has 2 aromatic rings. The van der Waals surface area contributed by atoms with E-state index in [1.54, 1.807) is 0 Å². The molecular formula is C15H20ClN5. The third-order valence-electron chi connectivity index (χ3n) is 3.36. The number of halogens is 1.